The first-order valence-corrected chi connectivity index (χ1v) is 10.0. The Labute approximate surface area is 179 Å². The van der Waals surface area contributed by atoms with Crippen LogP contribution in [0.1, 0.15) is 25.5 Å². The third-order valence-electron chi connectivity index (χ3n) is 5.11. The maximum Gasteiger partial charge on any atom is 0.331 e. The molecule has 0 spiro atoms. The van der Waals surface area contributed by atoms with Crippen molar-refractivity contribution in [1.29, 1.82) is 0 Å². The molecule has 2 amide bonds. The highest BCUT2D eigenvalue weighted by Gasteiger charge is 2.40. The normalized spacial score (nSPS) is 16.9. The van der Waals surface area contributed by atoms with Gasteiger partial charge >= 0.3 is 6.03 Å². The van der Waals surface area contributed by atoms with E-state index in [4.69, 9.17) is 11.6 Å². The monoisotopic (exact) mass is 423 g/mol. The summed E-state index contributed by atoms with van der Waals surface area (Å²) in [7, 11) is 0. The van der Waals surface area contributed by atoms with Gasteiger partial charge in [0.1, 0.15) is 5.82 Å². The van der Waals surface area contributed by atoms with Crippen molar-refractivity contribution in [3.63, 3.8) is 0 Å². The van der Waals surface area contributed by atoms with E-state index in [1.807, 2.05) is 37.3 Å². The van der Waals surface area contributed by atoms with Crippen LogP contribution in [0, 0.1) is 0 Å². The van der Waals surface area contributed by atoms with Gasteiger partial charge in [0.2, 0.25) is 5.95 Å². The lowest BCUT2D eigenvalue weighted by molar-refractivity contribution is 0.233. The fourth-order valence-corrected chi connectivity index (χ4v) is 3.63. The summed E-state index contributed by atoms with van der Waals surface area (Å²) in [6.07, 6.45) is 1.73. The van der Waals surface area contributed by atoms with Crippen LogP contribution in [0.3, 0.4) is 0 Å². The lowest BCUT2D eigenvalue weighted by atomic mass is 10.0. The van der Waals surface area contributed by atoms with Gasteiger partial charge in [-0.25, -0.2) is 9.78 Å². The largest absolute Gasteiger partial charge is 0.394 e. The summed E-state index contributed by atoms with van der Waals surface area (Å²) in [5.74, 6) is 0.878. The van der Waals surface area contributed by atoms with E-state index in [2.05, 4.69) is 15.3 Å². The molecule has 0 radical (unpaired) electrons. The summed E-state index contributed by atoms with van der Waals surface area (Å²) in [5, 5.41) is 13.6. The predicted octanol–water partition coefficient (Wildman–Crippen LogP) is 4.76. The quantitative estimate of drug-likeness (QED) is 0.618. The molecule has 2 N–H and O–H groups in total. The Morgan fingerprint density at radius 3 is 2.53 bits per heavy atom. The molecule has 0 saturated carbocycles. The SMILES string of the molecule is CC(CO)N1C(=O)N(c2ccc(Cl)cc2)C(C)c2cnc(Nc3ccccc3)nc21. The van der Waals surface area contributed by atoms with Crippen molar-refractivity contribution in [2.75, 3.05) is 21.7 Å². The van der Waals surface area contributed by atoms with E-state index < -0.39 is 6.04 Å². The molecule has 4 rings (SSSR count). The van der Waals surface area contributed by atoms with E-state index in [9.17, 15) is 9.90 Å². The Morgan fingerprint density at radius 1 is 1.17 bits per heavy atom. The number of aliphatic hydroxyl groups is 1. The molecule has 1 aliphatic rings. The van der Waals surface area contributed by atoms with E-state index >= 15 is 0 Å². The Kier molecular flexibility index (Phi) is 5.57. The van der Waals surface area contributed by atoms with Crippen LogP contribution in [-0.2, 0) is 0 Å². The highest BCUT2D eigenvalue weighted by molar-refractivity contribution is 6.30. The van der Waals surface area contributed by atoms with Gasteiger partial charge in [0.05, 0.1) is 18.7 Å². The summed E-state index contributed by atoms with van der Waals surface area (Å²) in [6.45, 7) is 3.52. The molecule has 2 aromatic carbocycles. The number of hydrogen-bond acceptors (Lipinski definition) is 5. The zero-order chi connectivity index (χ0) is 21.3. The topological polar surface area (TPSA) is 81.6 Å². The third-order valence-corrected chi connectivity index (χ3v) is 5.37. The number of carbonyl (C=O) groups is 1. The third kappa shape index (κ3) is 3.69. The zero-order valence-electron chi connectivity index (χ0n) is 16.7. The molecule has 154 valence electrons. The maximum atomic E-state index is 13.5. The van der Waals surface area contributed by atoms with Gasteiger partial charge in [0.25, 0.3) is 0 Å². The second kappa shape index (κ2) is 8.30. The minimum absolute atomic E-state index is 0.195. The summed E-state index contributed by atoms with van der Waals surface area (Å²) in [6, 6.07) is 15.7. The van der Waals surface area contributed by atoms with E-state index in [1.54, 1.807) is 42.3 Å². The maximum absolute atomic E-state index is 13.5. The molecular formula is C22H22ClN5O2. The van der Waals surface area contributed by atoms with Crippen LogP contribution in [0.2, 0.25) is 5.02 Å². The summed E-state index contributed by atoms with van der Waals surface area (Å²) in [5.41, 5.74) is 2.35. The molecule has 0 bridgehead atoms. The molecule has 8 heteroatoms. The molecule has 7 nitrogen and oxygen atoms in total. The molecule has 1 aromatic heterocycles. The molecular weight excluding hydrogens is 402 g/mol. The number of hydrogen-bond donors (Lipinski definition) is 2. The van der Waals surface area contributed by atoms with Gasteiger partial charge in [-0.15, -0.1) is 0 Å². The van der Waals surface area contributed by atoms with Gasteiger partial charge in [0, 0.05) is 28.2 Å². The Balaban J connectivity index is 1.77. The van der Waals surface area contributed by atoms with E-state index in [-0.39, 0.29) is 18.7 Å². The molecule has 30 heavy (non-hydrogen) atoms. The molecule has 3 aromatic rings. The number of halogens is 1. The summed E-state index contributed by atoms with van der Waals surface area (Å²) < 4.78 is 0. The highest BCUT2D eigenvalue weighted by Crippen LogP contribution is 2.39. The molecule has 2 heterocycles. The number of aromatic nitrogens is 2. The molecule has 0 aliphatic carbocycles. The van der Waals surface area contributed by atoms with Gasteiger partial charge in [-0.1, -0.05) is 29.8 Å². The number of para-hydroxylation sites is 1. The first kappa shape index (κ1) is 20.1. The van der Waals surface area contributed by atoms with Crippen LogP contribution in [-0.4, -0.2) is 33.8 Å². The molecule has 1 aliphatic heterocycles. The van der Waals surface area contributed by atoms with E-state index in [0.29, 0.717) is 22.5 Å². The fraction of sp³-hybridized carbons (Fsp3) is 0.227. The van der Waals surface area contributed by atoms with Gasteiger partial charge in [-0.3, -0.25) is 9.80 Å². The van der Waals surface area contributed by atoms with Crippen molar-refractivity contribution in [3.8, 4) is 0 Å². The van der Waals surface area contributed by atoms with Crippen molar-refractivity contribution in [2.45, 2.75) is 25.9 Å². The van der Waals surface area contributed by atoms with Crippen LogP contribution in [0.4, 0.5) is 27.9 Å². The number of benzene rings is 2. The number of amides is 2. The van der Waals surface area contributed by atoms with Crippen molar-refractivity contribution in [1.82, 2.24) is 9.97 Å². The standard InChI is InChI=1S/C22H22ClN5O2/c1-14(13-29)27-20-19(12-24-21(26-20)25-17-6-4-3-5-7-17)15(2)28(22(27)30)18-10-8-16(23)9-11-18/h3-12,14-15,29H,13H2,1-2H3,(H,24,25,26). The molecule has 0 fully saturated rings. The first-order chi connectivity index (χ1) is 14.5. The molecule has 2 atom stereocenters. The number of carbonyl (C=O) groups excluding carboxylic acids is 1. The van der Waals surface area contributed by atoms with Crippen molar-refractivity contribution >= 4 is 40.8 Å². The average Bonchev–Trinajstić information content (AvgIpc) is 2.75. The minimum Gasteiger partial charge on any atom is -0.394 e. The van der Waals surface area contributed by atoms with Crippen molar-refractivity contribution < 1.29 is 9.90 Å². The first-order valence-electron chi connectivity index (χ1n) is 9.67. The summed E-state index contributed by atoms with van der Waals surface area (Å²) >= 11 is 6.02. The van der Waals surface area contributed by atoms with Crippen LogP contribution < -0.4 is 15.1 Å². The van der Waals surface area contributed by atoms with Gasteiger partial charge in [-0.05, 0) is 50.2 Å². The van der Waals surface area contributed by atoms with Gasteiger partial charge in [0.15, 0.2) is 0 Å². The van der Waals surface area contributed by atoms with Gasteiger partial charge < -0.3 is 10.4 Å². The second-order valence-corrected chi connectivity index (χ2v) is 7.61. The number of aliphatic hydroxyl groups excluding tert-OH is 1. The Bertz CT molecular complexity index is 1050. The Hall–Kier alpha value is -3.16. The fourth-order valence-electron chi connectivity index (χ4n) is 3.51. The average molecular weight is 424 g/mol. The smallest absolute Gasteiger partial charge is 0.331 e. The predicted molar refractivity (Wildman–Crippen MR) is 119 cm³/mol. The number of nitrogens with zero attached hydrogens (tertiary/aromatic N) is 4. The lowest BCUT2D eigenvalue weighted by Gasteiger charge is -2.42. The van der Waals surface area contributed by atoms with Crippen LogP contribution >= 0.6 is 11.6 Å². The molecule has 2 unspecified atom stereocenters. The lowest BCUT2D eigenvalue weighted by Crippen LogP contribution is -2.54. The number of fused-ring (bicyclic) bond motifs is 1. The highest BCUT2D eigenvalue weighted by atomic mass is 35.5. The number of nitrogens with one attached hydrogen (secondary N) is 1. The van der Waals surface area contributed by atoms with Crippen LogP contribution in [0.25, 0.3) is 0 Å². The van der Waals surface area contributed by atoms with Crippen molar-refractivity contribution in [2.24, 2.45) is 0 Å². The van der Waals surface area contributed by atoms with Crippen LogP contribution in [0.5, 0.6) is 0 Å². The van der Waals surface area contributed by atoms with Crippen molar-refractivity contribution in [3.05, 3.63) is 71.4 Å². The number of rotatable bonds is 5. The Morgan fingerprint density at radius 2 is 1.87 bits per heavy atom. The second-order valence-electron chi connectivity index (χ2n) is 7.17. The molecule has 0 saturated heterocycles. The number of anilines is 4. The van der Waals surface area contributed by atoms with E-state index in [1.165, 1.54) is 4.90 Å². The number of urea groups is 1. The minimum atomic E-state index is -0.460. The van der Waals surface area contributed by atoms with E-state index in [0.717, 1.165) is 11.3 Å². The zero-order valence-corrected chi connectivity index (χ0v) is 17.4. The van der Waals surface area contributed by atoms with Crippen LogP contribution in [0.15, 0.2) is 60.8 Å². The van der Waals surface area contributed by atoms with Gasteiger partial charge in [-0.2, -0.15) is 4.98 Å². The summed E-state index contributed by atoms with van der Waals surface area (Å²) in [4.78, 5) is 25.7.